The predicted octanol–water partition coefficient (Wildman–Crippen LogP) is 3.42. The number of amides is 1. The molecule has 2 aromatic rings. The minimum Gasteiger partial charge on any atom is -0.507 e. The molecule has 100 valence electrons. The molecular weight excluding hydrogens is 327 g/mol. The summed E-state index contributed by atoms with van der Waals surface area (Å²) in [6.45, 7) is 0. The van der Waals surface area contributed by atoms with Crippen molar-refractivity contribution in [3.63, 3.8) is 0 Å². The number of hydrogen-bond donors (Lipinski definition) is 2. The highest BCUT2D eigenvalue weighted by Crippen LogP contribution is 2.25. The van der Waals surface area contributed by atoms with E-state index in [1.54, 1.807) is 6.07 Å². The second-order valence-electron chi connectivity index (χ2n) is 3.89. The maximum absolute atomic E-state index is 13.4. The van der Waals surface area contributed by atoms with E-state index in [1.165, 1.54) is 30.3 Å². The fraction of sp³-hybridized carbons (Fsp3) is 0. The van der Waals surface area contributed by atoms with Crippen LogP contribution in [0, 0.1) is 17.1 Å². The third kappa shape index (κ3) is 2.78. The van der Waals surface area contributed by atoms with Gasteiger partial charge in [0.1, 0.15) is 23.2 Å². The van der Waals surface area contributed by atoms with E-state index in [0.717, 1.165) is 6.07 Å². The van der Waals surface area contributed by atoms with Gasteiger partial charge < -0.3 is 10.4 Å². The highest BCUT2D eigenvalue weighted by molar-refractivity contribution is 9.10. The molecule has 20 heavy (non-hydrogen) atoms. The standard InChI is InChI=1S/C14H8BrFN2O2/c15-10-5-4-8(6-13(10)19)14(20)18-12-3-1-2-11(16)9(12)7-17/h1-6,19H,(H,18,20). The summed E-state index contributed by atoms with van der Waals surface area (Å²) in [7, 11) is 0. The second kappa shape index (κ2) is 5.72. The zero-order valence-corrected chi connectivity index (χ0v) is 11.6. The van der Waals surface area contributed by atoms with E-state index in [-0.39, 0.29) is 22.6 Å². The molecule has 0 saturated carbocycles. The first-order valence-corrected chi connectivity index (χ1v) is 6.30. The van der Waals surface area contributed by atoms with Crippen molar-refractivity contribution in [3.8, 4) is 11.8 Å². The summed E-state index contributed by atoms with van der Waals surface area (Å²) in [5, 5.41) is 20.8. The summed E-state index contributed by atoms with van der Waals surface area (Å²) in [6.07, 6.45) is 0. The summed E-state index contributed by atoms with van der Waals surface area (Å²) >= 11 is 3.10. The summed E-state index contributed by atoms with van der Waals surface area (Å²) in [5.74, 6) is -1.34. The van der Waals surface area contributed by atoms with Crippen molar-refractivity contribution in [1.82, 2.24) is 0 Å². The number of nitriles is 1. The molecule has 0 aliphatic heterocycles. The summed E-state index contributed by atoms with van der Waals surface area (Å²) in [6, 6.07) is 9.93. The first-order valence-electron chi connectivity index (χ1n) is 5.51. The van der Waals surface area contributed by atoms with E-state index >= 15 is 0 Å². The van der Waals surface area contributed by atoms with Gasteiger partial charge in [-0.05, 0) is 46.3 Å². The number of nitrogens with one attached hydrogen (secondary N) is 1. The first-order chi connectivity index (χ1) is 9.52. The van der Waals surface area contributed by atoms with Gasteiger partial charge in [-0.2, -0.15) is 5.26 Å². The number of phenolic OH excluding ortho intramolecular Hbond substituents is 1. The minimum absolute atomic E-state index is 0.0832. The van der Waals surface area contributed by atoms with Gasteiger partial charge in [0, 0.05) is 5.56 Å². The molecule has 0 spiro atoms. The fourth-order valence-corrected chi connectivity index (χ4v) is 1.84. The van der Waals surface area contributed by atoms with E-state index in [9.17, 15) is 14.3 Å². The highest BCUT2D eigenvalue weighted by Gasteiger charge is 2.13. The second-order valence-corrected chi connectivity index (χ2v) is 4.75. The maximum Gasteiger partial charge on any atom is 0.255 e. The van der Waals surface area contributed by atoms with E-state index in [1.807, 2.05) is 0 Å². The van der Waals surface area contributed by atoms with Crippen molar-refractivity contribution in [1.29, 1.82) is 5.26 Å². The van der Waals surface area contributed by atoms with E-state index in [0.29, 0.717) is 4.47 Å². The van der Waals surface area contributed by atoms with Crippen molar-refractivity contribution in [2.45, 2.75) is 0 Å². The van der Waals surface area contributed by atoms with Crippen LogP contribution in [-0.2, 0) is 0 Å². The van der Waals surface area contributed by atoms with Crippen LogP contribution in [0.1, 0.15) is 15.9 Å². The quantitative estimate of drug-likeness (QED) is 0.883. The Morgan fingerprint density at radius 1 is 1.35 bits per heavy atom. The monoisotopic (exact) mass is 334 g/mol. The lowest BCUT2D eigenvalue weighted by Gasteiger charge is -2.08. The molecule has 2 aromatic carbocycles. The largest absolute Gasteiger partial charge is 0.507 e. The number of nitrogens with zero attached hydrogens (tertiary/aromatic N) is 1. The van der Waals surface area contributed by atoms with Crippen LogP contribution in [0.25, 0.3) is 0 Å². The number of phenols is 1. The van der Waals surface area contributed by atoms with Crippen LogP contribution in [0.5, 0.6) is 5.75 Å². The van der Waals surface area contributed by atoms with Gasteiger partial charge in [-0.25, -0.2) is 4.39 Å². The van der Waals surface area contributed by atoms with Crippen LogP contribution < -0.4 is 5.32 Å². The summed E-state index contributed by atoms with van der Waals surface area (Å²) in [5.41, 5.74) is 0.0425. The summed E-state index contributed by atoms with van der Waals surface area (Å²) < 4.78 is 13.9. The Bertz CT molecular complexity index is 726. The molecule has 6 heteroatoms. The zero-order valence-electron chi connectivity index (χ0n) is 10.0. The number of benzene rings is 2. The average Bonchev–Trinajstić information content (AvgIpc) is 2.42. The molecule has 2 N–H and O–H groups in total. The number of hydrogen-bond acceptors (Lipinski definition) is 3. The molecule has 0 aliphatic rings. The van der Waals surface area contributed by atoms with Gasteiger partial charge in [-0.15, -0.1) is 0 Å². The Labute approximate surface area is 122 Å². The van der Waals surface area contributed by atoms with Crippen LogP contribution in [0.3, 0.4) is 0 Å². The minimum atomic E-state index is -0.705. The van der Waals surface area contributed by atoms with Gasteiger partial charge in [0.25, 0.3) is 5.91 Å². The van der Waals surface area contributed by atoms with Crippen molar-refractivity contribution < 1.29 is 14.3 Å². The number of rotatable bonds is 2. The Morgan fingerprint density at radius 3 is 2.75 bits per heavy atom. The van der Waals surface area contributed by atoms with Gasteiger partial charge >= 0.3 is 0 Å². The van der Waals surface area contributed by atoms with Crippen molar-refractivity contribution in [3.05, 3.63) is 57.8 Å². The highest BCUT2D eigenvalue weighted by atomic mass is 79.9. The summed E-state index contributed by atoms with van der Waals surface area (Å²) in [4.78, 5) is 12.0. The topological polar surface area (TPSA) is 73.1 Å². The van der Waals surface area contributed by atoms with Crippen LogP contribution in [-0.4, -0.2) is 11.0 Å². The number of halogens is 2. The fourth-order valence-electron chi connectivity index (χ4n) is 1.59. The van der Waals surface area contributed by atoms with Crippen LogP contribution in [0.4, 0.5) is 10.1 Å². The molecule has 2 rings (SSSR count). The zero-order chi connectivity index (χ0) is 14.7. The Hall–Kier alpha value is -2.39. The van der Waals surface area contributed by atoms with Gasteiger partial charge in [-0.1, -0.05) is 6.07 Å². The molecule has 0 unspecified atom stereocenters. The molecule has 0 heterocycles. The molecular formula is C14H8BrFN2O2. The molecule has 0 bridgehead atoms. The van der Waals surface area contributed by atoms with E-state index in [2.05, 4.69) is 21.2 Å². The smallest absolute Gasteiger partial charge is 0.255 e. The van der Waals surface area contributed by atoms with Crippen LogP contribution >= 0.6 is 15.9 Å². The lowest BCUT2D eigenvalue weighted by Crippen LogP contribution is -2.13. The van der Waals surface area contributed by atoms with Gasteiger partial charge in [-0.3, -0.25) is 4.79 Å². The predicted molar refractivity (Wildman–Crippen MR) is 74.9 cm³/mol. The normalized spacial score (nSPS) is 9.85. The Morgan fingerprint density at radius 2 is 2.10 bits per heavy atom. The number of carbonyl (C=O) groups excluding carboxylic acids is 1. The van der Waals surface area contributed by atoms with Crippen LogP contribution in [0.15, 0.2) is 40.9 Å². The third-order valence-corrected chi connectivity index (χ3v) is 3.25. The third-order valence-electron chi connectivity index (χ3n) is 2.58. The number of carbonyl (C=O) groups is 1. The lowest BCUT2D eigenvalue weighted by atomic mass is 10.1. The van der Waals surface area contributed by atoms with Gasteiger partial charge in [0.05, 0.1) is 10.2 Å². The molecule has 0 aliphatic carbocycles. The molecule has 0 saturated heterocycles. The van der Waals surface area contributed by atoms with Gasteiger partial charge in [0.2, 0.25) is 0 Å². The molecule has 0 atom stereocenters. The lowest BCUT2D eigenvalue weighted by molar-refractivity contribution is 0.102. The van der Waals surface area contributed by atoms with Crippen molar-refractivity contribution >= 4 is 27.5 Å². The molecule has 0 radical (unpaired) electrons. The Balaban J connectivity index is 2.31. The van der Waals surface area contributed by atoms with E-state index < -0.39 is 11.7 Å². The average molecular weight is 335 g/mol. The molecule has 1 amide bonds. The number of anilines is 1. The Kier molecular flexibility index (Phi) is 4.01. The van der Waals surface area contributed by atoms with Crippen LogP contribution in [0.2, 0.25) is 0 Å². The van der Waals surface area contributed by atoms with E-state index in [4.69, 9.17) is 5.26 Å². The molecule has 0 aromatic heterocycles. The van der Waals surface area contributed by atoms with Crippen molar-refractivity contribution in [2.24, 2.45) is 0 Å². The molecule has 4 nitrogen and oxygen atoms in total. The van der Waals surface area contributed by atoms with Crippen molar-refractivity contribution in [2.75, 3.05) is 5.32 Å². The van der Waals surface area contributed by atoms with Gasteiger partial charge in [0.15, 0.2) is 0 Å². The molecule has 0 fully saturated rings. The SMILES string of the molecule is N#Cc1c(F)cccc1NC(=O)c1ccc(Br)c(O)c1. The maximum atomic E-state index is 13.4. The first kappa shape index (κ1) is 14.0. The number of aromatic hydroxyl groups is 1.